The van der Waals surface area contributed by atoms with Crippen molar-refractivity contribution < 1.29 is 27.1 Å². The minimum atomic E-state index is -3.11. The average Bonchev–Trinajstić information content (AvgIpc) is 3.94. The van der Waals surface area contributed by atoms with Gasteiger partial charge in [-0.05, 0) is 103 Å². The number of halogens is 1. The van der Waals surface area contributed by atoms with Gasteiger partial charge in [0.15, 0.2) is 0 Å². The molecule has 4 aliphatic rings. The van der Waals surface area contributed by atoms with Gasteiger partial charge < -0.3 is 9.47 Å². The van der Waals surface area contributed by atoms with Crippen LogP contribution in [0.2, 0.25) is 0 Å². The molecule has 0 N–H and O–H groups in total. The zero-order chi connectivity index (χ0) is 29.9. The lowest BCUT2D eigenvalue weighted by Crippen LogP contribution is -2.39. The number of ether oxygens (including phenoxy) is 2. The van der Waals surface area contributed by atoms with Gasteiger partial charge in [-0.3, -0.25) is 4.79 Å². The molecule has 2 heterocycles. The number of hydrogen-bond donors (Lipinski definition) is 0. The molecule has 7 rings (SSSR count). The lowest BCUT2D eigenvalue weighted by atomic mass is 9.88. The van der Waals surface area contributed by atoms with Gasteiger partial charge in [-0.2, -0.15) is 0 Å². The highest BCUT2D eigenvalue weighted by molar-refractivity contribution is 7.90. The Morgan fingerprint density at radius 2 is 1.81 bits per heavy atom. The lowest BCUT2D eigenvalue weighted by Gasteiger charge is -2.31. The summed E-state index contributed by atoms with van der Waals surface area (Å²) in [4.78, 5) is 16.6. The van der Waals surface area contributed by atoms with Gasteiger partial charge in [-0.1, -0.05) is 24.3 Å². The van der Waals surface area contributed by atoms with Crippen molar-refractivity contribution in [3.63, 3.8) is 0 Å². The zero-order valence-corrected chi connectivity index (χ0v) is 25.4. The number of rotatable bonds is 9. The minimum Gasteiger partial charge on any atom is -0.473 e. The maximum absolute atomic E-state index is 15.0. The Balaban J connectivity index is 0.998. The molecule has 7 nitrogen and oxygen atoms in total. The number of carbonyl (C=O) groups excluding carboxylic acids is 1. The molecule has 0 spiro atoms. The standard InChI is InChI=1S/C34H37FN2O5S/c1-3-41-34(38)33-28-15-24-17-31(36-18-29(24)32(28)33)42-19-25-16-27(20(2)14-30(25)35)23-6-4-21(5-7-23)22-10-12-37(13-11-22)43(39,40)26-8-9-26/h4-7,14,16-18,22,26,28,32-33H,3,8-13,15,19H2,1-2H3/t28-,32-,33+/m1/s1. The van der Waals surface area contributed by atoms with Crippen LogP contribution in [-0.2, 0) is 32.6 Å². The van der Waals surface area contributed by atoms with Crippen LogP contribution < -0.4 is 4.74 Å². The third kappa shape index (κ3) is 5.35. The van der Waals surface area contributed by atoms with E-state index in [0.717, 1.165) is 59.9 Å². The smallest absolute Gasteiger partial charge is 0.309 e. The van der Waals surface area contributed by atoms with E-state index in [2.05, 4.69) is 29.2 Å². The average molecular weight is 605 g/mol. The van der Waals surface area contributed by atoms with Crippen molar-refractivity contribution >= 4 is 16.0 Å². The molecule has 1 aliphatic heterocycles. The van der Waals surface area contributed by atoms with E-state index < -0.39 is 10.0 Å². The van der Waals surface area contributed by atoms with Crippen LogP contribution >= 0.6 is 0 Å². The van der Waals surface area contributed by atoms with Crippen LogP contribution in [0.25, 0.3) is 11.1 Å². The minimum absolute atomic E-state index is 0.0565. The van der Waals surface area contributed by atoms with Gasteiger partial charge in [0.2, 0.25) is 15.9 Å². The molecule has 3 aliphatic carbocycles. The predicted octanol–water partition coefficient (Wildman–Crippen LogP) is 5.90. The molecule has 2 aromatic carbocycles. The number of aryl methyl sites for hydroxylation is 1. The van der Waals surface area contributed by atoms with Crippen molar-refractivity contribution in [1.82, 2.24) is 9.29 Å². The Morgan fingerprint density at radius 3 is 2.51 bits per heavy atom. The van der Waals surface area contributed by atoms with E-state index in [1.165, 1.54) is 5.56 Å². The molecule has 1 saturated heterocycles. The van der Waals surface area contributed by atoms with Crippen molar-refractivity contribution in [3.8, 4) is 17.0 Å². The molecular weight excluding hydrogens is 567 g/mol. The van der Waals surface area contributed by atoms with Gasteiger partial charge in [0.1, 0.15) is 12.4 Å². The maximum atomic E-state index is 15.0. The fourth-order valence-corrected chi connectivity index (χ4v) is 9.03. The summed E-state index contributed by atoms with van der Waals surface area (Å²) in [7, 11) is -3.11. The number of hydrogen-bond acceptors (Lipinski definition) is 6. The van der Waals surface area contributed by atoms with Crippen LogP contribution in [0.15, 0.2) is 48.7 Å². The molecule has 0 unspecified atom stereocenters. The van der Waals surface area contributed by atoms with Crippen molar-refractivity contribution in [2.45, 2.75) is 69.6 Å². The molecule has 0 bridgehead atoms. The Morgan fingerprint density at radius 1 is 1.07 bits per heavy atom. The van der Waals surface area contributed by atoms with Crippen LogP contribution in [-0.4, -0.2) is 48.6 Å². The van der Waals surface area contributed by atoms with Crippen LogP contribution in [0.1, 0.15) is 72.3 Å². The van der Waals surface area contributed by atoms with Gasteiger partial charge in [-0.15, -0.1) is 0 Å². The molecule has 3 aromatic rings. The van der Waals surface area contributed by atoms with E-state index in [4.69, 9.17) is 9.47 Å². The zero-order valence-electron chi connectivity index (χ0n) is 24.6. The fraction of sp³-hybridized carbons (Fsp3) is 0.471. The predicted molar refractivity (Wildman–Crippen MR) is 161 cm³/mol. The SMILES string of the molecule is CCOC(=O)[C@H]1[C@@H]2Cc3cc(OCc4cc(-c5ccc(C6CCN(S(=O)(=O)C7CC7)CC6)cc5)c(C)cc4F)ncc3[C@@H]21. The summed E-state index contributed by atoms with van der Waals surface area (Å²) in [6.07, 6.45) is 5.85. The van der Waals surface area contributed by atoms with Crippen LogP contribution in [0.4, 0.5) is 4.39 Å². The Hall–Kier alpha value is -3.30. The Bertz CT molecular complexity index is 1660. The fourth-order valence-electron chi connectivity index (χ4n) is 7.15. The largest absolute Gasteiger partial charge is 0.473 e. The quantitative estimate of drug-likeness (QED) is 0.283. The molecule has 2 saturated carbocycles. The van der Waals surface area contributed by atoms with Gasteiger partial charge in [0.25, 0.3) is 0 Å². The topological polar surface area (TPSA) is 85.8 Å². The third-order valence-corrected chi connectivity index (χ3v) is 12.2. The molecule has 0 amide bonds. The van der Waals surface area contributed by atoms with E-state index in [1.54, 1.807) is 16.6 Å². The van der Waals surface area contributed by atoms with Crippen molar-refractivity contribution in [2.24, 2.45) is 11.8 Å². The monoisotopic (exact) mass is 604 g/mol. The number of fused-ring (bicyclic) bond motifs is 3. The maximum Gasteiger partial charge on any atom is 0.309 e. The second-order valence-corrected chi connectivity index (χ2v) is 14.7. The van der Waals surface area contributed by atoms with Gasteiger partial charge in [0, 0.05) is 36.8 Å². The summed E-state index contributed by atoms with van der Waals surface area (Å²) >= 11 is 0. The van der Waals surface area contributed by atoms with Crippen molar-refractivity contribution in [2.75, 3.05) is 19.7 Å². The summed E-state index contributed by atoms with van der Waals surface area (Å²) in [6.45, 7) is 5.35. The molecule has 43 heavy (non-hydrogen) atoms. The molecule has 1 aromatic heterocycles. The van der Waals surface area contributed by atoms with E-state index in [1.807, 2.05) is 26.0 Å². The molecule has 3 atom stereocenters. The summed E-state index contributed by atoms with van der Waals surface area (Å²) in [5, 5.41) is -0.153. The van der Waals surface area contributed by atoms with E-state index in [-0.39, 0.29) is 41.4 Å². The van der Waals surface area contributed by atoms with E-state index >= 15 is 0 Å². The molecule has 9 heteroatoms. The van der Waals surface area contributed by atoms with Gasteiger partial charge >= 0.3 is 5.97 Å². The Labute approximate surface area is 252 Å². The third-order valence-electron chi connectivity index (χ3n) is 9.76. The first-order chi connectivity index (χ1) is 20.7. The summed E-state index contributed by atoms with van der Waals surface area (Å²) in [5.74, 6) is 0.769. The van der Waals surface area contributed by atoms with Crippen molar-refractivity contribution in [3.05, 3.63) is 82.3 Å². The van der Waals surface area contributed by atoms with Gasteiger partial charge in [0.05, 0.1) is 17.8 Å². The van der Waals surface area contributed by atoms with Crippen molar-refractivity contribution in [1.29, 1.82) is 0 Å². The first-order valence-corrected chi connectivity index (χ1v) is 16.9. The summed E-state index contributed by atoms with van der Waals surface area (Å²) < 4.78 is 53.0. The number of pyridine rings is 1. The first kappa shape index (κ1) is 28.5. The lowest BCUT2D eigenvalue weighted by molar-refractivity contribution is -0.145. The molecule has 0 radical (unpaired) electrons. The number of sulfonamides is 1. The number of piperidine rings is 1. The number of carbonyl (C=O) groups is 1. The molecule has 226 valence electrons. The van der Waals surface area contributed by atoms with Crippen LogP contribution in [0, 0.1) is 24.6 Å². The van der Waals surface area contributed by atoms with Crippen LogP contribution in [0.3, 0.4) is 0 Å². The van der Waals surface area contributed by atoms with E-state index in [9.17, 15) is 17.6 Å². The number of esters is 1. The number of nitrogens with zero attached hydrogens (tertiary/aromatic N) is 2. The van der Waals surface area contributed by atoms with Crippen LogP contribution in [0.5, 0.6) is 5.88 Å². The number of aromatic nitrogens is 1. The second kappa shape index (κ2) is 11.0. The second-order valence-electron chi connectivity index (χ2n) is 12.5. The van der Waals surface area contributed by atoms with E-state index in [0.29, 0.717) is 37.1 Å². The number of benzene rings is 2. The Kier molecular flexibility index (Phi) is 7.29. The highest BCUT2D eigenvalue weighted by Crippen LogP contribution is 2.61. The summed E-state index contributed by atoms with van der Waals surface area (Å²) in [6, 6.07) is 13.7. The highest BCUT2D eigenvalue weighted by atomic mass is 32.2. The van der Waals surface area contributed by atoms with Gasteiger partial charge in [-0.25, -0.2) is 22.1 Å². The molecular formula is C34H37FN2O5S. The highest BCUT2D eigenvalue weighted by Gasteiger charge is 2.60. The normalized spacial score (nSPS) is 23.5. The molecule has 3 fully saturated rings. The summed E-state index contributed by atoms with van der Waals surface area (Å²) in [5.41, 5.74) is 6.70. The first-order valence-electron chi connectivity index (χ1n) is 15.4.